The average Bonchev–Trinajstić information content (AvgIpc) is 2.43. The number of aryl methyl sites for hydroxylation is 1. The maximum atomic E-state index is 5.39. The van der Waals surface area contributed by atoms with Crippen LogP contribution in [0.25, 0.3) is 11.3 Å². The second-order valence-electron chi connectivity index (χ2n) is 4.57. The first-order valence-electron chi connectivity index (χ1n) is 6.25. The summed E-state index contributed by atoms with van der Waals surface area (Å²) in [5.41, 5.74) is 5.49. The molecule has 0 saturated carbocycles. The minimum atomic E-state index is 0.768. The van der Waals surface area contributed by atoms with Crippen LogP contribution in [-0.2, 0) is 0 Å². The molecule has 2 rings (SSSR count). The minimum Gasteiger partial charge on any atom is -0.496 e. The van der Waals surface area contributed by atoms with E-state index < -0.39 is 0 Å². The number of nitrogens with one attached hydrogen (secondary N) is 1. The van der Waals surface area contributed by atoms with Crippen molar-refractivity contribution in [2.24, 2.45) is 0 Å². The summed E-state index contributed by atoms with van der Waals surface area (Å²) in [6, 6.07) is 5.96. The Kier molecular flexibility index (Phi) is 3.69. The standard InChI is InChI=1S/C15H19N3O/c1-9-8-13(19-5)10(2)11(3)15(9)12-6-7-14(16-4)18-17-12/h6-8H,1-5H3,(H,16,18). The van der Waals surface area contributed by atoms with E-state index >= 15 is 0 Å². The Morgan fingerprint density at radius 1 is 1.05 bits per heavy atom. The Bertz CT molecular complexity index is 591. The molecule has 19 heavy (non-hydrogen) atoms. The maximum Gasteiger partial charge on any atom is 0.148 e. The van der Waals surface area contributed by atoms with E-state index in [4.69, 9.17) is 4.74 Å². The highest BCUT2D eigenvalue weighted by atomic mass is 16.5. The summed E-state index contributed by atoms with van der Waals surface area (Å²) in [6.07, 6.45) is 0. The molecule has 1 N–H and O–H groups in total. The molecule has 0 aliphatic rings. The summed E-state index contributed by atoms with van der Waals surface area (Å²) >= 11 is 0. The van der Waals surface area contributed by atoms with Gasteiger partial charge in [0.1, 0.15) is 11.6 Å². The second kappa shape index (κ2) is 5.26. The van der Waals surface area contributed by atoms with Gasteiger partial charge in [-0.05, 0) is 55.7 Å². The van der Waals surface area contributed by atoms with E-state index in [2.05, 4.69) is 36.3 Å². The van der Waals surface area contributed by atoms with Crippen molar-refractivity contribution in [3.8, 4) is 17.0 Å². The molecule has 4 heteroatoms. The van der Waals surface area contributed by atoms with Gasteiger partial charge in [0.05, 0.1) is 12.8 Å². The van der Waals surface area contributed by atoms with Crippen LogP contribution < -0.4 is 10.1 Å². The van der Waals surface area contributed by atoms with Crippen molar-refractivity contribution in [2.75, 3.05) is 19.5 Å². The van der Waals surface area contributed by atoms with Crippen LogP contribution >= 0.6 is 0 Å². The summed E-state index contributed by atoms with van der Waals surface area (Å²) in [6.45, 7) is 6.22. The number of ether oxygens (including phenoxy) is 1. The summed E-state index contributed by atoms with van der Waals surface area (Å²) in [5.74, 6) is 1.68. The van der Waals surface area contributed by atoms with Crippen LogP contribution in [0.3, 0.4) is 0 Å². The molecule has 0 spiro atoms. The highest BCUT2D eigenvalue weighted by Gasteiger charge is 2.13. The van der Waals surface area contributed by atoms with E-state index in [-0.39, 0.29) is 0 Å². The van der Waals surface area contributed by atoms with E-state index in [0.717, 1.165) is 34.0 Å². The van der Waals surface area contributed by atoms with E-state index in [1.54, 1.807) is 7.11 Å². The number of benzene rings is 1. The van der Waals surface area contributed by atoms with Gasteiger partial charge >= 0.3 is 0 Å². The first kappa shape index (κ1) is 13.3. The molecular formula is C15H19N3O. The molecule has 0 saturated heterocycles. The summed E-state index contributed by atoms with van der Waals surface area (Å²) in [7, 11) is 3.53. The summed E-state index contributed by atoms with van der Waals surface area (Å²) in [4.78, 5) is 0. The molecule has 1 aromatic carbocycles. The summed E-state index contributed by atoms with van der Waals surface area (Å²) in [5, 5.41) is 11.4. The van der Waals surface area contributed by atoms with Gasteiger partial charge in [-0.2, -0.15) is 0 Å². The molecule has 0 amide bonds. The van der Waals surface area contributed by atoms with Gasteiger partial charge in [-0.3, -0.25) is 0 Å². The predicted octanol–water partition coefficient (Wildman–Crippen LogP) is 3.12. The highest BCUT2D eigenvalue weighted by molar-refractivity contribution is 5.71. The molecule has 2 aromatic rings. The fourth-order valence-electron chi connectivity index (χ4n) is 2.25. The van der Waals surface area contributed by atoms with Crippen LogP contribution in [0.15, 0.2) is 18.2 Å². The molecular weight excluding hydrogens is 238 g/mol. The first-order valence-corrected chi connectivity index (χ1v) is 6.25. The number of hydrogen-bond acceptors (Lipinski definition) is 4. The van der Waals surface area contributed by atoms with Gasteiger partial charge in [0.25, 0.3) is 0 Å². The van der Waals surface area contributed by atoms with E-state index in [1.807, 2.05) is 25.2 Å². The fourth-order valence-corrected chi connectivity index (χ4v) is 2.25. The van der Waals surface area contributed by atoms with Crippen molar-refractivity contribution in [2.45, 2.75) is 20.8 Å². The van der Waals surface area contributed by atoms with Gasteiger partial charge in [-0.15, -0.1) is 10.2 Å². The lowest BCUT2D eigenvalue weighted by atomic mass is 9.95. The molecule has 4 nitrogen and oxygen atoms in total. The lowest BCUT2D eigenvalue weighted by Gasteiger charge is -2.15. The van der Waals surface area contributed by atoms with Crippen LogP contribution in [0.4, 0.5) is 5.82 Å². The van der Waals surface area contributed by atoms with Gasteiger partial charge in [-0.1, -0.05) is 0 Å². The molecule has 0 atom stereocenters. The fraction of sp³-hybridized carbons (Fsp3) is 0.333. The van der Waals surface area contributed by atoms with Crippen molar-refractivity contribution in [1.29, 1.82) is 0 Å². The van der Waals surface area contributed by atoms with E-state index in [0.29, 0.717) is 0 Å². The molecule has 100 valence electrons. The quantitative estimate of drug-likeness (QED) is 0.917. The van der Waals surface area contributed by atoms with Crippen molar-refractivity contribution >= 4 is 5.82 Å². The Labute approximate surface area is 113 Å². The molecule has 0 aliphatic carbocycles. The van der Waals surface area contributed by atoms with Crippen molar-refractivity contribution in [3.63, 3.8) is 0 Å². The van der Waals surface area contributed by atoms with Gasteiger partial charge < -0.3 is 10.1 Å². The van der Waals surface area contributed by atoms with Gasteiger partial charge in [0.2, 0.25) is 0 Å². The van der Waals surface area contributed by atoms with Crippen LogP contribution in [0.5, 0.6) is 5.75 Å². The zero-order valence-electron chi connectivity index (χ0n) is 12.0. The third-order valence-electron chi connectivity index (χ3n) is 3.45. The Hall–Kier alpha value is -2.10. The van der Waals surface area contributed by atoms with Gasteiger partial charge in [0.15, 0.2) is 0 Å². The SMILES string of the molecule is CNc1ccc(-c2c(C)cc(OC)c(C)c2C)nn1. The monoisotopic (exact) mass is 257 g/mol. The number of rotatable bonds is 3. The average molecular weight is 257 g/mol. The van der Waals surface area contributed by atoms with Crippen LogP contribution in [0.1, 0.15) is 16.7 Å². The Balaban J connectivity index is 2.58. The topological polar surface area (TPSA) is 47.0 Å². The van der Waals surface area contributed by atoms with Crippen LogP contribution in [-0.4, -0.2) is 24.4 Å². The number of aromatic nitrogens is 2. The largest absolute Gasteiger partial charge is 0.496 e. The number of anilines is 1. The first-order chi connectivity index (χ1) is 9.08. The zero-order valence-corrected chi connectivity index (χ0v) is 12.0. The normalized spacial score (nSPS) is 10.4. The molecule has 0 radical (unpaired) electrons. The van der Waals surface area contributed by atoms with Crippen molar-refractivity contribution in [3.05, 3.63) is 34.9 Å². The van der Waals surface area contributed by atoms with Gasteiger partial charge in [-0.25, -0.2) is 0 Å². The molecule has 0 aliphatic heterocycles. The molecule has 1 heterocycles. The third kappa shape index (κ3) is 2.38. The predicted molar refractivity (Wildman–Crippen MR) is 77.8 cm³/mol. The molecule has 0 unspecified atom stereocenters. The molecule has 0 bridgehead atoms. The lowest BCUT2D eigenvalue weighted by molar-refractivity contribution is 0.411. The highest BCUT2D eigenvalue weighted by Crippen LogP contribution is 2.33. The van der Waals surface area contributed by atoms with E-state index in [1.165, 1.54) is 5.56 Å². The Morgan fingerprint density at radius 2 is 1.79 bits per heavy atom. The Morgan fingerprint density at radius 3 is 2.32 bits per heavy atom. The number of hydrogen-bond donors (Lipinski definition) is 1. The summed E-state index contributed by atoms with van der Waals surface area (Å²) < 4.78 is 5.39. The second-order valence-corrected chi connectivity index (χ2v) is 4.57. The van der Waals surface area contributed by atoms with Crippen molar-refractivity contribution in [1.82, 2.24) is 10.2 Å². The smallest absolute Gasteiger partial charge is 0.148 e. The van der Waals surface area contributed by atoms with E-state index in [9.17, 15) is 0 Å². The van der Waals surface area contributed by atoms with Crippen molar-refractivity contribution < 1.29 is 4.74 Å². The lowest BCUT2D eigenvalue weighted by Crippen LogP contribution is -2.00. The van der Waals surface area contributed by atoms with Crippen LogP contribution in [0.2, 0.25) is 0 Å². The van der Waals surface area contributed by atoms with Crippen LogP contribution in [0, 0.1) is 20.8 Å². The molecule has 0 fully saturated rings. The molecule has 1 aromatic heterocycles. The third-order valence-corrected chi connectivity index (χ3v) is 3.45. The maximum absolute atomic E-state index is 5.39. The number of methoxy groups -OCH3 is 1. The zero-order chi connectivity index (χ0) is 14.0. The number of nitrogens with zero attached hydrogens (tertiary/aromatic N) is 2. The minimum absolute atomic E-state index is 0.768. The van der Waals surface area contributed by atoms with Gasteiger partial charge in [0, 0.05) is 12.6 Å².